The normalized spacial score (nSPS) is 11.3. The number of aromatic carboxylic acids is 1. The van der Waals surface area contributed by atoms with E-state index in [1.165, 1.54) is 23.9 Å². The third-order valence-corrected chi connectivity index (χ3v) is 6.24. The summed E-state index contributed by atoms with van der Waals surface area (Å²) in [5.74, 6) is -0.500. The maximum Gasteiger partial charge on any atom is 0.335 e. The first kappa shape index (κ1) is 21.6. The fourth-order valence-corrected chi connectivity index (χ4v) is 4.04. The molecule has 0 saturated heterocycles. The van der Waals surface area contributed by atoms with Gasteiger partial charge in [0.05, 0.1) is 10.5 Å². The Kier molecular flexibility index (Phi) is 7.47. The van der Waals surface area contributed by atoms with Crippen LogP contribution in [0.5, 0.6) is 0 Å². The molecule has 0 bridgehead atoms. The summed E-state index contributed by atoms with van der Waals surface area (Å²) in [5.41, 5.74) is 2.64. The highest BCUT2D eigenvalue weighted by molar-refractivity contribution is 9.10. The van der Waals surface area contributed by atoms with Gasteiger partial charge in [0.1, 0.15) is 0 Å². The molecule has 29 heavy (non-hydrogen) atoms. The third kappa shape index (κ3) is 6.16. The smallest absolute Gasteiger partial charge is 0.335 e. The summed E-state index contributed by atoms with van der Waals surface area (Å²) < 4.78 is 1.97. The average Bonchev–Trinajstić information content (AvgIpc) is 2.73. The Morgan fingerprint density at radius 1 is 0.793 bits per heavy atom. The number of carboxylic acid groups (broad SMARTS) is 1. The highest BCUT2D eigenvalue weighted by Gasteiger charge is 2.15. The Balaban J connectivity index is 1.88. The minimum absolute atomic E-state index is 0.132. The molecule has 0 aromatic heterocycles. The van der Waals surface area contributed by atoms with Crippen LogP contribution in [0.2, 0.25) is 0 Å². The van der Waals surface area contributed by atoms with Crippen molar-refractivity contribution < 1.29 is 14.7 Å². The molecule has 0 atom stereocenters. The quantitative estimate of drug-likeness (QED) is 0.262. The lowest BCUT2D eigenvalue weighted by atomic mass is 10.1. The summed E-state index contributed by atoms with van der Waals surface area (Å²) in [6, 6.07) is 21.7. The number of allylic oxidation sites excluding steroid dienone is 1. The molecule has 3 aromatic carbocycles. The molecule has 1 N–H and O–H groups in total. The molecule has 0 spiro atoms. The van der Waals surface area contributed by atoms with E-state index < -0.39 is 5.97 Å². The lowest BCUT2D eigenvalue weighted by Crippen LogP contribution is -2.03. The van der Waals surface area contributed by atoms with Crippen LogP contribution in [0.1, 0.15) is 31.8 Å². The van der Waals surface area contributed by atoms with Crippen molar-refractivity contribution in [2.24, 2.45) is 0 Å². The monoisotopic (exact) mass is 530 g/mol. The zero-order valence-corrected chi connectivity index (χ0v) is 19.1. The highest BCUT2D eigenvalue weighted by Crippen LogP contribution is 2.28. The van der Waals surface area contributed by atoms with Gasteiger partial charge < -0.3 is 5.11 Å². The SMILES string of the molecule is O=C(O)c1ccc(C(=O)C(=Cc2ccc(Br)cc2)SCc2ccc(Br)cc2)cc1. The number of ketones is 1. The fraction of sp³-hybridized carbons (Fsp3) is 0.0435. The van der Waals surface area contributed by atoms with E-state index in [9.17, 15) is 9.59 Å². The molecule has 0 aliphatic rings. The molecule has 3 nitrogen and oxygen atoms in total. The van der Waals surface area contributed by atoms with Crippen molar-refractivity contribution in [1.82, 2.24) is 0 Å². The van der Waals surface area contributed by atoms with E-state index in [4.69, 9.17) is 5.11 Å². The van der Waals surface area contributed by atoms with Gasteiger partial charge in [0.15, 0.2) is 5.78 Å². The number of hydrogen-bond acceptors (Lipinski definition) is 3. The van der Waals surface area contributed by atoms with Gasteiger partial charge in [-0.2, -0.15) is 0 Å². The molecule has 0 aliphatic carbocycles. The van der Waals surface area contributed by atoms with E-state index in [0.717, 1.165) is 20.1 Å². The molecule has 0 saturated carbocycles. The minimum atomic E-state index is -1.01. The molecule has 0 amide bonds. The Morgan fingerprint density at radius 3 is 1.86 bits per heavy atom. The van der Waals surface area contributed by atoms with Crippen molar-refractivity contribution in [1.29, 1.82) is 0 Å². The van der Waals surface area contributed by atoms with Crippen molar-refractivity contribution in [2.75, 3.05) is 0 Å². The lowest BCUT2D eigenvalue weighted by Gasteiger charge is -2.08. The van der Waals surface area contributed by atoms with Crippen LogP contribution in [0.15, 0.2) is 86.6 Å². The summed E-state index contributed by atoms with van der Waals surface area (Å²) in [7, 11) is 0. The van der Waals surface area contributed by atoms with Crippen molar-refractivity contribution in [3.05, 3.63) is 109 Å². The summed E-state index contributed by atoms with van der Waals surface area (Å²) >= 11 is 8.31. The second kappa shape index (κ2) is 10.1. The van der Waals surface area contributed by atoms with Gasteiger partial charge in [-0.05, 0) is 53.6 Å². The molecule has 6 heteroatoms. The fourth-order valence-electron chi connectivity index (χ4n) is 2.53. The Hall–Kier alpha value is -2.15. The summed E-state index contributed by atoms with van der Waals surface area (Å²) in [5, 5.41) is 9.06. The van der Waals surface area contributed by atoms with E-state index in [-0.39, 0.29) is 11.3 Å². The summed E-state index contributed by atoms with van der Waals surface area (Å²) in [6.45, 7) is 0. The number of carbonyl (C=O) groups is 2. The molecule has 0 aliphatic heterocycles. The Bertz CT molecular complexity index is 1040. The van der Waals surface area contributed by atoms with Crippen LogP contribution < -0.4 is 0 Å². The van der Waals surface area contributed by atoms with E-state index in [1.807, 2.05) is 54.6 Å². The van der Waals surface area contributed by atoms with E-state index in [0.29, 0.717) is 16.2 Å². The van der Waals surface area contributed by atoms with Crippen LogP contribution >= 0.6 is 43.6 Å². The van der Waals surface area contributed by atoms with Gasteiger partial charge in [-0.25, -0.2) is 4.79 Å². The summed E-state index contributed by atoms with van der Waals surface area (Å²) in [4.78, 5) is 24.8. The molecular formula is C23H16Br2O3S. The maximum absolute atomic E-state index is 13.1. The van der Waals surface area contributed by atoms with Crippen LogP contribution in [0.4, 0.5) is 0 Å². The van der Waals surface area contributed by atoms with Crippen LogP contribution in [-0.4, -0.2) is 16.9 Å². The maximum atomic E-state index is 13.1. The molecule has 0 radical (unpaired) electrons. The van der Waals surface area contributed by atoms with Gasteiger partial charge in [0.25, 0.3) is 0 Å². The van der Waals surface area contributed by atoms with E-state index >= 15 is 0 Å². The topological polar surface area (TPSA) is 54.4 Å². The number of Topliss-reactive ketones (excluding diaryl/α,β-unsaturated/α-hetero) is 1. The number of halogens is 2. The summed E-state index contributed by atoms with van der Waals surface area (Å²) in [6.07, 6.45) is 1.86. The van der Waals surface area contributed by atoms with Gasteiger partial charge in [-0.1, -0.05) is 68.3 Å². The molecule has 0 unspecified atom stereocenters. The van der Waals surface area contributed by atoms with Gasteiger partial charge in [0, 0.05) is 20.3 Å². The van der Waals surface area contributed by atoms with E-state index in [1.54, 1.807) is 12.1 Å². The van der Waals surface area contributed by atoms with Gasteiger partial charge in [-0.3, -0.25) is 4.79 Å². The van der Waals surface area contributed by atoms with E-state index in [2.05, 4.69) is 31.9 Å². The number of thioether (sulfide) groups is 1. The zero-order valence-electron chi connectivity index (χ0n) is 15.1. The molecule has 0 fully saturated rings. The van der Waals surface area contributed by atoms with Gasteiger partial charge >= 0.3 is 5.97 Å². The molecular weight excluding hydrogens is 516 g/mol. The zero-order chi connectivity index (χ0) is 20.8. The first-order valence-electron chi connectivity index (χ1n) is 8.65. The van der Waals surface area contributed by atoms with Crippen molar-refractivity contribution in [3.8, 4) is 0 Å². The third-order valence-electron chi connectivity index (χ3n) is 4.09. The first-order chi connectivity index (χ1) is 13.9. The molecule has 146 valence electrons. The number of hydrogen-bond donors (Lipinski definition) is 1. The predicted molar refractivity (Wildman–Crippen MR) is 125 cm³/mol. The number of carbonyl (C=O) groups excluding carboxylic acids is 1. The van der Waals surface area contributed by atoms with Gasteiger partial charge in [-0.15, -0.1) is 11.8 Å². The van der Waals surface area contributed by atoms with Crippen LogP contribution in [0.25, 0.3) is 6.08 Å². The van der Waals surface area contributed by atoms with Crippen molar-refractivity contribution in [2.45, 2.75) is 5.75 Å². The second-order valence-corrected chi connectivity index (χ2v) is 9.04. The van der Waals surface area contributed by atoms with Gasteiger partial charge in [0.2, 0.25) is 0 Å². The molecule has 3 aromatic rings. The van der Waals surface area contributed by atoms with Crippen LogP contribution in [-0.2, 0) is 5.75 Å². The number of rotatable bonds is 7. The van der Waals surface area contributed by atoms with Crippen molar-refractivity contribution >= 4 is 61.5 Å². The highest BCUT2D eigenvalue weighted by atomic mass is 79.9. The number of benzene rings is 3. The lowest BCUT2D eigenvalue weighted by molar-refractivity contribution is 0.0696. The minimum Gasteiger partial charge on any atom is -0.478 e. The second-order valence-electron chi connectivity index (χ2n) is 6.19. The van der Waals surface area contributed by atoms with Crippen LogP contribution in [0, 0.1) is 0 Å². The predicted octanol–water partition coefficient (Wildman–Crippen LogP) is 7.07. The van der Waals surface area contributed by atoms with Crippen molar-refractivity contribution in [3.63, 3.8) is 0 Å². The first-order valence-corrected chi connectivity index (χ1v) is 11.2. The van der Waals surface area contributed by atoms with Crippen LogP contribution in [0.3, 0.4) is 0 Å². The Morgan fingerprint density at radius 2 is 1.31 bits per heavy atom. The standard InChI is InChI=1S/C23H16Br2O3S/c24-19-9-1-15(2-10-19)13-21(29-14-16-3-11-20(25)12-4-16)22(26)17-5-7-18(8-6-17)23(27)28/h1-13H,14H2,(H,27,28). The largest absolute Gasteiger partial charge is 0.478 e. The average molecular weight is 532 g/mol. The molecule has 3 rings (SSSR count). The molecule has 0 heterocycles. The Labute approximate surface area is 190 Å². The number of carboxylic acids is 1.